The second-order valence-electron chi connectivity index (χ2n) is 6.28. The first-order valence-electron chi connectivity index (χ1n) is 7.83. The van der Waals surface area contributed by atoms with Crippen LogP contribution >= 0.6 is 35.0 Å². The molecule has 0 aliphatic carbocycles. The Morgan fingerprint density at radius 3 is 2.65 bits per heavy atom. The molecular formula is C18H18Cl2N2S. The molecule has 5 heteroatoms. The van der Waals surface area contributed by atoms with Crippen molar-refractivity contribution in [3.8, 4) is 0 Å². The van der Waals surface area contributed by atoms with E-state index in [4.69, 9.17) is 23.2 Å². The van der Waals surface area contributed by atoms with Crippen molar-refractivity contribution in [3.63, 3.8) is 0 Å². The fourth-order valence-corrected chi connectivity index (χ4v) is 5.18. The molecule has 1 saturated heterocycles. The fraction of sp³-hybridized carbons (Fsp3) is 0.333. The molecular weight excluding hydrogens is 347 g/mol. The van der Waals surface area contributed by atoms with Gasteiger partial charge in [0.1, 0.15) is 0 Å². The summed E-state index contributed by atoms with van der Waals surface area (Å²) in [5.74, 6) is 0.575. The predicted molar refractivity (Wildman–Crippen MR) is 99.3 cm³/mol. The molecule has 0 spiro atoms. The van der Waals surface area contributed by atoms with Crippen LogP contribution in [0.5, 0.6) is 0 Å². The molecule has 4 rings (SSSR count). The van der Waals surface area contributed by atoms with Crippen LogP contribution in [-0.4, -0.2) is 31.1 Å². The Bertz CT molecular complexity index is 730. The van der Waals surface area contributed by atoms with Gasteiger partial charge in [0, 0.05) is 28.3 Å². The van der Waals surface area contributed by atoms with Crippen LogP contribution in [0.2, 0.25) is 10.0 Å². The number of benzene rings is 2. The Morgan fingerprint density at radius 2 is 1.87 bits per heavy atom. The van der Waals surface area contributed by atoms with E-state index in [1.165, 1.54) is 22.6 Å². The van der Waals surface area contributed by atoms with Crippen LogP contribution in [0.3, 0.4) is 0 Å². The van der Waals surface area contributed by atoms with Crippen LogP contribution in [-0.2, 0) is 0 Å². The molecule has 2 aliphatic rings. The number of hydrogen-bond acceptors (Lipinski definition) is 3. The smallest absolute Gasteiger partial charge is 0.0560 e. The van der Waals surface area contributed by atoms with Gasteiger partial charge in [-0.3, -0.25) is 0 Å². The number of hydrogen-bond donors (Lipinski definition) is 1. The molecule has 2 heterocycles. The number of halogens is 2. The summed E-state index contributed by atoms with van der Waals surface area (Å²) in [6.45, 7) is 2.27. The zero-order valence-corrected chi connectivity index (χ0v) is 15.2. The van der Waals surface area contributed by atoms with Crippen LogP contribution in [0.25, 0.3) is 0 Å². The zero-order valence-electron chi connectivity index (χ0n) is 12.9. The maximum atomic E-state index is 6.34. The van der Waals surface area contributed by atoms with Crippen LogP contribution in [0.4, 0.5) is 5.69 Å². The molecule has 2 atom stereocenters. The molecule has 2 nitrogen and oxygen atoms in total. The number of piperidine rings is 1. The summed E-state index contributed by atoms with van der Waals surface area (Å²) in [4.78, 5) is 4.55. The minimum absolute atomic E-state index is 0.546. The first-order chi connectivity index (χ1) is 11.1. The molecule has 1 fully saturated rings. The minimum atomic E-state index is 0.546. The summed E-state index contributed by atoms with van der Waals surface area (Å²) in [6, 6.07) is 12.8. The number of fused-ring (bicyclic) bond motifs is 3. The molecule has 1 N–H and O–H groups in total. The summed E-state index contributed by atoms with van der Waals surface area (Å²) in [5.41, 5.74) is 2.69. The Morgan fingerprint density at radius 1 is 1.13 bits per heavy atom. The van der Waals surface area contributed by atoms with Crippen LogP contribution < -0.4 is 5.32 Å². The highest BCUT2D eigenvalue weighted by molar-refractivity contribution is 7.99. The maximum absolute atomic E-state index is 6.34. The number of anilines is 1. The molecule has 23 heavy (non-hydrogen) atoms. The van der Waals surface area contributed by atoms with Gasteiger partial charge in [0.15, 0.2) is 0 Å². The molecule has 2 aliphatic heterocycles. The van der Waals surface area contributed by atoms with Gasteiger partial charge in [0.25, 0.3) is 0 Å². The van der Waals surface area contributed by atoms with E-state index in [1.54, 1.807) is 11.8 Å². The molecule has 0 amide bonds. The average molecular weight is 365 g/mol. The third-order valence-electron chi connectivity index (χ3n) is 4.73. The lowest BCUT2D eigenvalue weighted by Crippen LogP contribution is -2.39. The zero-order chi connectivity index (χ0) is 16.0. The summed E-state index contributed by atoms with van der Waals surface area (Å²) in [7, 11) is 2.20. The summed E-state index contributed by atoms with van der Waals surface area (Å²) >= 11 is 14.3. The second-order valence-corrected chi connectivity index (χ2v) is 8.15. The SMILES string of the molecule is CN1CC[C@H]2Nc3c(Sc4c(Cl)cccc4Cl)cccc3[C@@H]2C1. The molecule has 2 aromatic rings. The normalized spacial score (nSPS) is 23.3. The number of rotatable bonds is 2. The number of likely N-dealkylation sites (N-methyl/N-ethyl adjacent to an activating group) is 1. The van der Waals surface area contributed by atoms with E-state index in [0.717, 1.165) is 18.0 Å². The Hall–Kier alpha value is -0.870. The van der Waals surface area contributed by atoms with Gasteiger partial charge in [0.05, 0.1) is 15.7 Å². The van der Waals surface area contributed by atoms with Crippen molar-refractivity contribution < 1.29 is 0 Å². The highest BCUT2D eigenvalue weighted by Gasteiger charge is 2.36. The number of likely N-dealkylation sites (tertiary alicyclic amines) is 1. The third-order valence-corrected chi connectivity index (χ3v) is 6.79. The van der Waals surface area contributed by atoms with Crippen molar-refractivity contribution in [1.82, 2.24) is 4.90 Å². The van der Waals surface area contributed by atoms with Gasteiger partial charge < -0.3 is 10.2 Å². The maximum Gasteiger partial charge on any atom is 0.0560 e. The Labute approximate surface area is 151 Å². The number of para-hydroxylation sites is 1. The average Bonchev–Trinajstić information content (AvgIpc) is 2.90. The monoisotopic (exact) mass is 364 g/mol. The van der Waals surface area contributed by atoms with E-state index >= 15 is 0 Å². The lowest BCUT2D eigenvalue weighted by molar-refractivity contribution is 0.243. The number of nitrogens with zero attached hydrogens (tertiary/aromatic N) is 1. The summed E-state index contributed by atoms with van der Waals surface area (Å²) in [5, 5.41) is 5.16. The van der Waals surface area contributed by atoms with Gasteiger partial charge in [-0.05, 0) is 43.8 Å². The molecule has 0 aromatic heterocycles. The fourth-order valence-electron chi connectivity index (χ4n) is 3.57. The molecule has 2 aromatic carbocycles. The van der Waals surface area contributed by atoms with E-state index in [0.29, 0.717) is 22.0 Å². The largest absolute Gasteiger partial charge is 0.380 e. The number of nitrogens with one attached hydrogen (secondary N) is 1. The first-order valence-corrected chi connectivity index (χ1v) is 9.40. The second kappa shape index (κ2) is 6.21. The van der Waals surface area contributed by atoms with Gasteiger partial charge in [0.2, 0.25) is 0 Å². The van der Waals surface area contributed by atoms with E-state index < -0.39 is 0 Å². The van der Waals surface area contributed by atoms with Crippen LogP contribution in [0.15, 0.2) is 46.2 Å². The van der Waals surface area contributed by atoms with Crippen molar-refractivity contribution in [2.45, 2.75) is 28.2 Å². The quantitative estimate of drug-likeness (QED) is 0.772. The lowest BCUT2D eigenvalue weighted by Gasteiger charge is -2.32. The molecule has 0 radical (unpaired) electrons. The molecule has 120 valence electrons. The minimum Gasteiger partial charge on any atom is -0.380 e. The molecule has 0 unspecified atom stereocenters. The van der Waals surface area contributed by atoms with Crippen LogP contribution in [0, 0.1) is 0 Å². The van der Waals surface area contributed by atoms with Gasteiger partial charge in [-0.2, -0.15) is 0 Å². The summed E-state index contributed by atoms with van der Waals surface area (Å²) in [6.07, 6.45) is 1.19. The molecule has 0 saturated carbocycles. The van der Waals surface area contributed by atoms with Gasteiger partial charge in [-0.25, -0.2) is 0 Å². The first kappa shape index (κ1) is 15.6. The Kier molecular flexibility index (Phi) is 4.22. The summed E-state index contributed by atoms with van der Waals surface area (Å²) < 4.78 is 0. The van der Waals surface area contributed by atoms with Crippen molar-refractivity contribution >= 4 is 40.7 Å². The van der Waals surface area contributed by atoms with Crippen molar-refractivity contribution in [1.29, 1.82) is 0 Å². The van der Waals surface area contributed by atoms with E-state index in [2.05, 4.69) is 35.5 Å². The van der Waals surface area contributed by atoms with Gasteiger partial charge in [-0.1, -0.05) is 53.2 Å². The highest BCUT2D eigenvalue weighted by atomic mass is 35.5. The van der Waals surface area contributed by atoms with Gasteiger partial charge >= 0.3 is 0 Å². The predicted octanol–water partition coefficient (Wildman–Crippen LogP) is 5.36. The van der Waals surface area contributed by atoms with Crippen molar-refractivity contribution in [2.24, 2.45) is 0 Å². The van der Waals surface area contributed by atoms with Crippen LogP contribution in [0.1, 0.15) is 17.9 Å². The van der Waals surface area contributed by atoms with Crippen molar-refractivity contribution in [2.75, 3.05) is 25.5 Å². The lowest BCUT2D eigenvalue weighted by atomic mass is 9.90. The van der Waals surface area contributed by atoms with Gasteiger partial charge in [-0.15, -0.1) is 0 Å². The van der Waals surface area contributed by atoms with E-state index in [1.807, 2.05) is 18.2 Å². The third kappa shape index (κ3) is 2.85. The highest BCUT2D eigenvalue weighted by Crippen LogP contribution is 2.48. The van der Waals surface area contributed by atoms with E-state index in [9.17, 15) is 0 Å². The Balaban J connectivity index is 1.70. The van der Waals surface area contributed by atoms with Crippen molar-refractivity contribution in [3.05, 3.63) is 52.0 Å². The van der Waals surface area contributed by atoms with E-state index in [-0.39, 0.29) is 0 Å². The standard InChI is InChI=1S/C18H18Cl2N2S/c1-22-9-8-15-12(10-22)11-4-2-7-16(17(11)21-15)23-18-13(19)5-3-6-14(18)20/h2-7,12,15,21H,8-10H2,1H3/t12-,15+/m0/s1. The topological polar surface area (TPSA) is 15.3 Å². The molecule has 0 bridgehead atoms.